The number of carbonyl (C=O) groups excluding carboxylic acids is 2. The topological polar surface area (TPSA) is 49.4 Å². The minimum Gasteiger partial charge on any atom is -0.348 e. The van der Waals surface area contributed by atoms with Crippen molar-refractivity contribution in [3.05, 3.63) is 22.4 Å². The zero-order valence-electron chi connectivity index (χ0n) is 12.9. The number of thiophene rings is 1. The van der Waals surface area contributed by atoms with Crippen LogP contribution in [0.5, 0.6) is 0 Å². The van der Waals surface area contributed by atoms with Crippen LogP contribution in [0.2, 0.25) is 0 Å². The fraction of sp³-hybridized carbons (Fsp3) is 0.600. The van der Waals surface area contributed by atoms with E-state index in [-0.39, 0.29) is 30.8 Å². The van der Waals surface area contributed by atoms with E-state index in [4.69, 9.17) is 0 Å². The Morgan fingerprint density at radius 1 is 1.48 bits per heavy atom. The minimum absolute atomic E-state index is 0.140. The van der Waals surface area contributed by atoms with Crippen LogP contribution in [-0.4, -0.2) is 36.0 Å². The second-order valence-corrected chi connectivity index (χ2v) is 7.02. The van der Waals surface area contributed by atoms with Crippen LogP contribution < -0.4 is 5.32 Å². The molecule has 0 bridgehead atoms. The lowest BCUT2D eigenvalue weighted by molar-refractivity contribution is -0.157. The van der Waals surface area contributed by atoms with Crippen LogP contribution in [0.3, 0.4) is 0 Å². The van der Waals surface area contributed by atoms with E-state index in [0.29, 0.717) is 4.90 Å². The number of nitrogens with one attached hydrogen (secondary N) is 1. The molecule has 8 heteroatoms. The molecule has 2 atom stereocenters. The molecule has 0 aromatic carbocycles. The first-order valence-corrected chi connectivity index (χ1v) is 8.23. The molecule has 4 nitrogen and oxygen atoms in total. The summed E-state index contributed by atoms with van der Waals surface area (Å²) in [5, 5.41) is 4.78. The van der Waals surface area contributed by atoms with Crippen molar-refractivity contribution in [3.8, 4) is 0 Å². The molecule has 0 radical (unpaired) electrons. The molecule has 0 aliphatic carbocycles. The summed E-state index contributed by atoms with van der Waals surface area (Å²) in [7, 11) is 0. The van der Waals surface area contributed by atoms with E-state index in [2.05, 4.69) is 5.32 Å². The Hall–Kier alpha value is -1.57. The largest absolute Gasteiger partial charge is 0.406 e. The Morgan fingerprint density at radius 2 is 2.17 bits per heavy atom. The Balaban J connectivity index is 1.99. The number of likely N-dealkylation sites (tertiary alicyclic amines) is 1. The van der Waals surface area contributed by atoms with Crippen molar-refractivity contribution in [1.82, 2.24) is 10.2 Å². The Bertz CT molecular complexity index is 558. The molecule has 0 unspecified atom stereocenters. The first kappa shape index (κ1) is 17.8. The van der Waals surface area contributed by atoms with Gasteiger partial charge in [-0.15, -0.1) is 11.3 Å². The van der Waals surface area contributed by atoms with E-state index in [1.165, 1.54) is 11.3 Å². The van der Waals surface area contributed by atoms with Crippen LogP contribution in [-0.2, 0) is 9.59 Å². The molecular weight excluding hydrogens is 329 g/mol. The normalized spacial score (nSPS) is 20.2. The average Bonchev–Trinajstić information content (AvgIpc) is 3.04. The maximum absolute atomic E-state index is 12.4. The fourth-order valence-electron chi connectivity index (χ4n) is 2.62. The molecule has 1 N–H and O–H groups in total. The molecule has 2 amide bonds. The van der Waals surface area contributed by atoms with Gasteiger partial charge in [0.05, 0.1) is 12.0 Å². The van der Waals surface area contributed by atoms with Gasteiger partial charge >= 0.3 is 6.18 Å². The van der Waals surface area contributed by atoms with Crippen LogP contribution in [0.15, 0.2) is 17.5 Å². The van der Waals surface area contributed by atoms with Crippen molar-refractivity contribution < 1.29 is 22.8 Å². The smallest absolute Gasteiger partial charge is 0.348 e. The maximum Gasteiger partial charge on any atom is 0.406 e. The molecule has 2 heterocycles. The van der Waals surface area contributed by atoms with E-state index in [9.17, 15) is 22.8 Å². The van der Waals surface area contributed by atoms with Gasteiger partial charge in [-0.3, -0.25) is 9.59 Å². The lowest BCUT2D eigenvalue weighted by Gasteiger charge is -2.23. The summed E-state index contributed by atoms with van der Waals surface area (Å²) < 4.78 is 37.3. The molecular formula is C15H19F3N2O2S. The molecule has 1 aliphatic heterocycles. The summed E-state index contributed by atoms with van der Waals surface area (Å²) in [6, 6.07) is 3.59. The molecule has 128 valence electrons. The highest BCUT2D eigenvalue weighted by molar-refractivity contribution is 7.10. The zero-order chi connectivity index (χ0) is 17.2. The van der Waals surface area contributed by atoms with Gasteiger partial charge in [-0.1, -0.05) is 19.9 Å². The predicted octanol–water partition coefficient (Wildman–Crippen LogP) is 2.97. The van der Waals surface area contributed by atoms with Gasteiger partial charge in [0.1, 0.15) is 6.54 Å². The van der Waals surface area contributed by atoms with Crippen molar-refractivity contribution in [2.24, 2.45) is 11.8 Å². The van der Waals surface area contributed by atoms with Crippen molar-refractivity contribution >= 4 is 23.2 Å². The van der Waals surface area contributed by atoms with Crippen LogP contribution in [0.4, 0.5) is 13.2 Å². The van der Waals surface area contributed by atoms with Gasteiger partial charge in [-0.05, 0) is 17.4 Å². The van der Waals surface area contributed by atoms with Crippen molar-refractivity contribution in [1.29, 1.82) is 0 Å². The SMILES string of the molecule is CC(C)[C@@H](NC(=O)[C@H]1CC(=O)N(CC(F)(F)F)C1)c1cccs1. The molecule has 1 aliphatic rings. The van der Waals surface area contributed by atoms with Crippen molar-refractivity contribution in [2.75, 3.05) is 13.1 Å². The number of hydrogen-bond donors (Lipinski definition) is 1. The first-order valence-electron chi connectivity index (χ1n) is 7.35. The lowest BCUT2D eigenvalue weighted by Crippen LogP contribution is -2.39. The molecule has 23 heavy (non-hydrogen) atoms. The monoisotopic (exact) mass is 348 g/mol. The molecule has 1 aromatic rings. The van der Waals surface area contributed by atoms with Crippen LogP contribution in [0, 0.1) is 11.8 Å². The number of nitrogens with zero attached hydrogens (tertiary/aromatic N) is 1. The number of rotatable bonds is 5. The van der Waals surface area contributed by atoms with Gasteiger partial charge in [0.25, 0.3) is 0 Å². The fourth-order valence-corrected chi connectivity index (χ4v) is 3.57. The highest BCUT2D eigenvalue weighted by atomic mass is 32.1. The standard InChI is InChI=1S/C15H19F3N2O2S/c1-9(2)13(11-4-3-5-23-11)19-14(22)10-6-12(21)20(7-10)8-15(16,17)18/h3-5,9-10,13H,6-8H2,1-2H3,(H,19,22)/t10-,13+/m0/s1. The van der Waals surface area contributed by atoms with Crippen LogP contribution >= 0.6 is 11.3 Å². The molecule has 0 saturated carbocycles. The van der Waals surface area contributed by atoms with Gasteiger partial charge in [-0.2, -0.15) is 13.2 Å². The van der Waals surface area contributed by atoms with Gasteiger partial charge in [0.15, 0.2) is 0 Å². The van der Waals surface area contributed by atoms with Crippen molar-refractivity contribution in [2.45, 2.75) is 32.5 Å². The third-order valence-corrected chi connectivity index (χ3v) is 4.72. The molecule has 1 fully saturated rings. The second-order valence-electron chi connectivity index (χ2n) is 6.04. The number of halogens is 3. The van der Waals surface area contributed by atoms with E-state index >= 15 is 0 Å². The number of hydrogen-bond acceptors (Lipinski definition) is 3. The summed E-state index contributed by atoms with van der Waals surface area (Å²) >= 11 is 1.51. The predicted molar refractivity (Wildman–Crippen MR) is 80.8 cm³/mol. The highest BCUT2D eigenvalue weighted by Crippen LogP contribution is 2.28. The number of alkyl halides is 3. The summed E-state index contributed by atoms with van der Waals surface area (Å²) in [4.78, 5) is 25.7. The van der Waals surface area contributed by atoms with Gasteiger partial charge in [0.2, 0.25) is 11.8 Å². The lowest BCUT2D eigenvalue weighted by atomic mass is 10.0. The van der Waals surface area contributed by atoms with E-state index in [1.807, 2.05) is 31.4 Å². The Kier molecular flexibility index (Phi) is 5.33. The summed E-state index contributed by atoms with van der Waals surface area (Å²) in [5.74, 6) is -1.58. The van der Waals surface area contributed by atoms with Crippen LogP contribution in [0.1, 0.15) is 31.2 Å². The third kappa shape index (κ3) is 4.70. The number of carbonyl (C=O) groups is 2. The highest BCUT2D eigenvalue weighted by Gasteiger charge is 2.41. The van der Waals surface area contributed by atoms with Gasteiger partial charge < -0.3 is 10.2 Å². The average molecular weight is 348 g/mol. The van der Waals surface area contributed by atoms with E-state index in [0.717, 1.165) is 4.88 Å². The maximum atomic E-state index is 12.4. The van der Waals surface area contributed by atoms with Crippen molar-refractivity contribution in [3.63, 3.8) is 0 Å². The third-order valence-electron chi connectivity index (χ3n) is 3.77. The van der Waals surface area contributed by atoms with Crippen LogP contribution in [0.25, 0.3) is 0 Å². The molecule has 1 aromatic heterocycles. The Labute approximate surface area is 136 Å². The summed E-state index contributed by atoms with van der Waals surface area (Å²) in [5.41, 5.74) is 0. The second kappa shape index (κ2) is 6.90. The zero-order valence-corrected chi connectivity index (χ0v) is 13.7. The molecule has 2 rings (SSSR count). The summed E-state index contributed by atoms with van der Waals surface area (Å²) in [6.07, 6.45) is -4.62. The quantitative estimate of drug-likeness (QED) is 0.889. The van der Waals surface area contributed by atoms with Gasteiger partial charge in [-0.25, -0.2) is 0 Å². The minimum atomic E-state index is -4.45. The Morgan fingerprint density at radius 3 is 2.70 bits per heavy atom. The van der Waals surface area contributed by atoms with E-state index in [1.54, 1.807) is 0 Å². The summed E-state index contributed by atoms with van der Waals surface area (Å²) in [6.45, 7) is 2.44. The molecule has 0 spiro atoms. The number of amides is 2. The van der Waals surface area contributed by atoms with Gasteiger partial charge in [0, 0.05) is 17.8 Å². The first-order chi connectivity index (χ1) is 10.7. The van der Waals surface area contributed by atoms with E-state index < -0.39 is 24.5 Å². The molecule has 1 saturated heterocycles.